The number of hydrogen-bond acceptors (Lipinski definition) is 4. The molecule has 0 atom stereocenters. The molecule has 29 heavy (non-hydrogen) atoms. The molecule has 0 bridgehead atoms. The molecule has 1 amide bonds. The van der Waals surface area contributed by atoms with Crippen molar-refractivity contribution in [1.29, 1.82) is 0 Å². The van der Waals surface area contributed by atoms with E-state index in [-0.39, 0.29) is 11.3 Å². The molecule has 0 aliphatic rings. The van der Waals surface area contributed by atoms with Crippen molar-refractivity contribution in [3.05, 3.63) is 84.7 Å². The van der Waals surface area contributed by atoms with Crippen LogP contribution < -0.4 is 5.32 Å². The van der Waals surface area contributed by atoms with E-state index in [1.807, 2.05) is 6.07 Å². The van der Waals surface area contributed by atoms with E-state index in [4.69, 9.17) is 4.42 Å². The van der Waals surface area contributed by atoms with Gasteiger partial charge in [0.2, 0.25) is 0 Å². The third-order valence-electron chi connectivity index (χ3n) is 4.40. The van der Waals surface area contributed by atoms with Crippen LogP contribution in [0, 0.1) is 12.7 Å². The molecule has 0 fully saturated rings. The van der Waals surface area contributed by atoms with Crippen LogP contribution in [0.2, 0.25) is 0 Å². The van der Waals surface area contributed by atoms with Gasteiger partial charge < -0.3 is 14.7 Å². The smallest absolute Gasteiger partial charge is 0.291 e. The average molecular weight is 388 g/mol. The number of fused-ring (bicyclic) bond motifs is 1. The van der Waals surface area contributed by atoms with Gasteiger partial charge in [-0.15, -0.1) is 0 Å². The van der Waals surface area contributed by atoms with Crippen molar-refractivity contribution in [3.63, 3.8) is 0 Å². The van der Waals surface area contributed by atoms with Gasteiger partial charge in [0.25, 0.3) is 5.91 Å². The van der Waals surface area contributed by atoms with Crippen LogP contribution in [0.15, 0.2) is 66.2 Å². The highest BCUT2D eigenvalue weighted by Crippen LogP contribution is 2.27. The number of nitrogens with one attached hydrogen (secondary N) is 2. The monoisotopic (exact) mass is 388 g/mol. The summed E-state index contributed by atoms with van der Waals surface area (Å²) in [6, 6.07) is 9.34. The fourth-order valence-corrected chi connectivity index (χ4v) is 2.85. The molecule has 0 spiro atoms. The number of anilines is 1. The molecule has 3 aromatic heterocycles. The van der Waals surface area contributed by atoms with Gasteiger partial charge in [0.1, 0.15) is 17.4 Å². The minimum Gasteiger partial charge on any atom is -0.456 e. The number of H-pyrrole nitrogens is 1. The normalized spacial score (nSPS) is 10.8. The summed E-state index contributed by atoms with van der Waals surface area (Å²) < 4.78 is 19.8. The Morgan fingerprint density at radius 1 is 1.28 bits per heavy atom. The molecule has 144 valence electrons. The Bertz CT molecular complexity index is 1270. The van der Waals surface area contributed by atoms with Gasteiger partial charge in [-0.25, -0.2) is 14.4 Å². The third-order valence-corrected chi connectivity index (χ3v) is 4.40. The fraction of sp³-hybridized carbons (Fsp3) is 0.0455. The van der Waals surface area contributed by atoms with Gasteiger partial charge in [-0.1, -0.05) is 19.2 Å². The molecule has 0 aliphatic carbocycles. The number of aromatic nitrogens is 3. The summed E-state index contributed by atoms with van der Waals surface area (Å²) in [6.45, 7) is 9.34. The van der Waals surface area contributed by atoms with E-state index in [2.05, 4.69) is 33.4 Å². The maximum atomic E-state index is 14.5. The Morgan fingerprint density at radius 2 is 2.10 bits per heavy atom. The minimum absolute atomic E-state index is 0.177. The van der Waals surface area contributed by atoms with E-state index in [9.17, 15) is 9.18 Å². The van der Waals surface area contributed by atoms with Gasteiger partial charge in [-0.2, -0.15) is 0 Å². The zero-order valence-corrected chi connectivity index (χ0v) is 15.6. The number of allylic oxidation sites excluding steroid dienone is 2. The van der Waals surface area contributed by atoms with Crippen LogP contribution in [-0.4, -0.2) is 20.9 Å². The number of imidazole rings is 1. The topological polar surface area (TPSA) is 83.8 Å². The molecule has 6 nitrogen and oxygen atoms in total. The van der Waals surface area contributed by atoms with Gasteiger partial charge >= 0.3 is 0 Å². The Kier molecular flexibility index (Phi) is 4.56. The molecule has 7 heteroatoms. The second-order valence-corrected chi connectivity index (χ2v) is 6.47. The highest BCUT2D eigenvalue weighted by molar-refractivity contribution is 6.02. The van der Waals surface area contributed by atoms with Crippen LogP contribution in [0.5, 0.6) is 0 Å². The quantitative estimate of drug-likeness (QED) is 0.465. The molecular formula is C22H17FN4O2. The molecule has 0 saturated carbocycles. The van der Waals surface area contributed by atoms with Gasteiger partial charge in [-0.3, -0.25) is 4.79 Å². The standard InChI is InChI=1S/C22H17FN4O2/c1-4-12(2)14-9-18-21(24-11-14)27-20(26-18)16-10-15(6-7-17(16)23)25-22(28)19-8-5-13(3)29-19/h4-11H,1-2H2,3H3,(H,25,28)(H,24,26,27). The largest absolute Gasteiger partial charge is 0.456 e. The molecule has 0 unspecified atom stereocenters. The molecule has 0 radical (unpaired) electrons. The summed E-state index contributed by atoms with van der Waals surface area (Å²) in [4.78, 5) is 24.0. The van der Waals surface area contributed by atoms with Crippen LogP contribution in [0.3, 0.4) is 0 Å². The zero-order valence-electron chi connectivity index (χ0n) is 15.6. The molecular weight excluding hydrogens is 371 g/mol. The summed E-state index contributed by atoms with van der Waals surface area (Å²) in [5, 5.41) is 2.70. The van der Waals surface area contributed by atoms with E-state index in [0.29, 0.717) is 28.4 Å². The number of pyridine rings is 1. The number of rotatable bonds is 5. The summed E-state index contributed by atoms with van der Waals surface area (Å²) >= 11 is 0. The van der Waals surface area contributed by atoms with Crippen molar-refractivity contribution in [1.82, 2.24) is 15.0 Å². The maximum absolute atomic E-state index is 14.5. The maximum Gasteiger partial charge on any atom is 0.291 e. The van der Waals surface area contributed by atoms with Crippen LogP contribution >= 0.6 is 0 Å². The number of nitrogens with zero attached hydrogens (tertiary/aromatic N) is 2. The van der Waals surface area contributed by atoms with E-state index in [1.54, 1.807) is 31.3 Å². The highest BCUT2D eigenvalue weighted by atomic mass is 19.1. The van der Waals surface area contributed by atoms with Gasteiger partial charge in [0.15, 0.2) is 11.4 Å². The highest BCUT2D eigenvalue weighted by Gasteiger charge is 2.15. The summed E-state index contributed by atoms with van der Waals surface area (Å²) in [6.07, 6.45) is 3.27. The number of furan rings is 1. The van der Waals surface area contributed by atoms with E-state index < -0.39 is 11.7 Å². The Labute approximate surface area is 165 Å². The number of carbonyl (C=O) groups is 1. The first-order valence-electron chi connectivity index (χ1n) is 8.80. The molecule has 3 heterocycles. The summed E-state index contributed by atoms with van der Waals surface area (Å²) in [5.74, 6) is 0.206. The second kappa shape index (κ2) is 7.20. The Morgan fingerprint density at radius 3 is 2.83 bits per heavy atom. The number of amides is 1. The van der Waals surface area contributed by atoms with Gasteiger partial charge in [0.05, 0.1) is 11.1 Å². The third kappa shape index (κ3) is 3.58. The lowest BCUT2D eigenvalue weighted by molar-refractivity contribution is 0.0995. The van der Waals surface area contributed by atoms with Gasteiger partial charge in [-0.05, 0) is 48.9 Å². The van der Waals surface area contributed by atoms with E-state index >= 15 is 0 Å². The number of carbonyl (C=O) groups excluding carboxylic acids is 1. The lowest BCUT2D eigenvalue weighted by Crippen LogP contribution is -2.11. The van der Waals surface area contributed by atoms with Crippen molar-refractivity contribution in [2.75, 3.05) is 5.32 Å². The second-order valence-electron chi connectivity index (χ2n) is 6.47. The molecule has 0 aliphatic heterocycles. The van der Waals surface area contributed by atoms with Crippen LogP contribution in [0.4, 0.5) is 10.1 Å². The molecule has 4 rings (SSSR count). The summed E-state index contributed by atoms with van der Waals surface area (Å²) in [7, 11) is 0. The first kappa shape index (κ1) is 18.4. The SMILES string of the molecule is C=CC(=C)c1cnc2nc(-c3cc(NC(=O)c4ccc(C)o4)ccc3F)[nH]c2c1. The van der Waals surface area contributed by atoms with Crippen molar-refractivity contribution >= 4 is 28.3 Å². The van der Waals surface area contributed by atoms with Crippen molar-refractivity contribution in [2.24, 2.45) is 0 Å². The van der Waals surface area contributed by atoms with Crippen LogP contribution in [0.25, 0.3) is 28.1 Å². The van der Waals surface area contributed by atoms with Crippen molar-refractivity contribution < 1.29 is 13.6 Å². The van der Waals surface area contributed by atoms with Crippen molar-refractivity contribution in [2.45, 2.75) is 6.92 Å². The number of aromatic amines is 1. The fourth-order valence-electron chi connectivity index (χ4n) is 2.85. The molecule has 0 saturated heterocycles. The number of benzene rings is 1. The Hall–Kier alpha value is -4.00. The molecule has 2 N–H and O–H groups in total. The van der Waals surface area contributed by atoms with Crippen LogP contribution in [0.1, 0.15) is 21.9 Å². The lowest BCUT2D eigenvalue weighted by atomic mass is 10.1. The number of hydrogen-bond donors (Lipinski definition) is 2. The molecule has 4 aromatic rings. The first-order valence-corrected chi connectivity index (χ1v) is 8.80. The predicted molar refractivity (Wildman–Crippen MR) is 110 cm³/mol. The number of aryl methyl sites for hydroxylation is 1. The first-order chi connectivity index (χ1) is 13.9. The minimum atomic E-state index is -0.480. The van der Waals surface area contributed by atoms with E-state index in [0.717, 1.165) is 11.1 Å². The van der Waals surface area contributed by atoms with Crippen molar-refractivity contribution in [3.8, 4) is 11.4 Å². The average Bonchev–Trinajstić information content (AvgIpc) is 3.34. The lowest BCUT2D eigenvalue weighted by Gasteiger charge is -2.06. The van der Waals surface area contributed by atoms with E-state index in [1.165, 1.54) is 18.2 Å². The predicted octanol–water partition coefficient (Wildman–Crippen LogP) is 5.12. The van der Waals surface area contributed by atoms with Gasteiger partial charge in [0, 0.05) is 17.4 Å². The molecule has 1 aromatic carbocycles. The zero-order chi connectivity index (χ0) is 20.5. The Balaban J connectivity index is 1.67. The summed E-state index contributed by atoms with van der Waals surface area (Å²) in [5.41, 5.74) is 3.22. The van der Waals surface area contributed by atoms with Crippen LogP contribution in [-0.2, 0) is 0 Å². The number of halogens is 1.